The number of hydrogen-bond donors (Lipinski definition) is 2. The minimum Gasteiger partial charge on any atom is -0.492 e. The van der Waals surface area contributed by atoms with Crippen molar-refractivity contribution < 1.29 is 14.5 Å². The first-order valence-corrected chi connectivity index (χ1v) is 10.8. The smallest absolute Gasteiger partial charge is 0.271 e. The third kappa shape index (κ3) is 5.81. The summed E-state index contributed by atoms with van der Waals surface area (Å²) >= 11 is 8.48. The Bertz CT molecular complexity index is 1060. The highest BCUT2D eigenvalue weighted by Gasteiger charge is 2.14. The zero-order chi connectivity index (χ0) is 21.5. The van der Waals surface area contributed by atoms with E-state index in [9.17, 15) is 14.9 Å². The Kier molecular flexibility index (Phi) is 7.44. The molecular formula is C18H16ClN5O4S2. The van der Waals surface area contributed by atoms with E-state index in [1.165, 1.54) is 41.3 Å². The Labute approximate surface area is 185 Å². The van der Waals surface area contributed by atoms with Crippen LogP contribution in [0.5, 0.6) is 5.75 Å². The Morgan fingerprint density at radius 3 is 2.83 bits per heavy atom. The number of carbonyl (C=O) groups excluding carboxylic acids is 1. The van der Waals surface area contributed by atoms with Gasteiger partial charge in [0, 0.05) is 12.1 Å². The molecule has 0 radical (unpaired) electrons. The van der Waals surface area contributed by atoms with Gasteiger partial charge in [-0.3, -0.25) is 14.9 Å². The molecule has 0 aliphatic carbocycles. The zero-order valence-corrected chi connectivity index (χ0v) is 18.0. The second-order valence-corrected chi connectivity index (χ2v) is 8.29. The van der Waals surface area contributed by atoms with Crippen molar-refractivity contribution in [3.8, 4) is 5.75 Å². The highest BCUT2D eigenvalue weighted by atomic mass is 35.5. The molecule has 0 unspecified atom stereocenters. The Morgan fingerprint density at radius 1 is 1.27 bits per heavy atom. The molecule has 0 fully saturated rings. The molecule has 0 spiro atoms. The maximum atomic E-state index is 12.2. The first kappa shape index (κ1) is 21.8. The van der Waals surface area contributed by atoms with Crippen LogP contribution in [0.15, 0.2) is 46.8 Å². The molecule has 9 nitrogen and oxygen atoms in total. The van der Waals surface area contributed by atoms with Gasteiger partial charge in [0.15, 0.2) is 4.34 Å². The van der Waals surface area contributed by atoms with Crippen LogP contribution in [0.3, 0.4) is 0 Å². The summed E-state index contributed by atoms with van der Waals surface area (Å²) < 4.78 is 6.16. The quantitative estimate of drug-likeness (QED) is 0.258. The number of aromatic nitrogens is 2. The number of non-ortho nitro benzene ring substituents is 1. The van der Waals surface area contributed by atoms with Gasteiger partial charge >= 0.3 is 0 Å². The van der Waals surface area contributed by atoms with E-state index in [1.54, 1.807) is 0 Å². The molecule has 0 saturated carbocycles. The van der Waals surface area contributed by atoms with Gasteiger partial charge in [-0.05, 0) is 25.1 Å². The molecule has 30 heavy (non-hydrogen) atoms. The number of carbonyl (C=O) groups is 1. The van der Waals surface area contributed by atoms with Crippen molar-refractivity contribution in [3.05, 3.63) is 57.6 Å². The molecule has 3 rings (SSSR count). The molecule has 1 aromatic heterocycles. The second-order valence-electron chi connectivity index (χ2n) is 5.69. The van der Waals surface area contributed by atoms with Crippen molar-refractivity contribution in [1.82, 2.24) is 10.2 Å². The van der Waals surface area contributed by atoms with Gasteiger partial charge in [-0.1, -0.05) is 46.8 Å². The zero-order valence-electron chi connectivity index (χ0n) is 15.6. The molecule has 0 saturated heterocycles. The van der Waals surface area contributed by atoms with Crippen molar-refractivity contribution in [2.24, 2.45) is 0 Å². The Morgan fingerprint density at radius 2 is 2.07 bits per heavy atom. The number of nitrogens with one attached hydrogen (secondary N) is 2. The predicted octanol–water partition coefficient (Wildman–Crippen LogP) is 4.97. The molecule has 156 valence electrons. The number of halogens is 1. The topological polar surface area (TPSA) is 119 Å². The van der Waals surface area contributed by atoms with Gasteiger partial charge in [-0.15, -0.1) is 10.2 Å². The van der Waals surface area contributed by atoms with E-state index >= 15 is 0 Å². The fourth-order valence-corrected chi connectivity index (χ4v) is 4.05. The summed E-state index contributed by atoms with van der Waals surface area (Å²) in [5, 5.41) is 25.5. The first-order chi connectivity index (χ1) is 14.5. The van der Waals surface area contributed by atoms with Gasteiger partial charge in [0.25, 0.3) is 5.69 Å². The Balaban J connectivity index is 1.57. The molecule has 0 bridgehead atoms. The van der Waals surface area contributed by atoms with E-state index in [-0.39, 0.29) is 28.1 Å². The minimum absolute atomic E-state index is 0.0448. The van der Waals surface area contributed by atoms with E-state index in [1.807, 2.05) is 31.2 Å². The second kappa shape index (κ2) is 10.2. The molecule has 0 aliphatic rings. The fourth-order valence-electron chi connectivity index (χ4n) is 2.32. The number of rotatable bonds is 9. The lowest BCUT2D eigenvalue weighted by atomic mass is 10.3. The number of amides is 1. The number of hydrogen-bond acceptors (Lipinski definition) is 9. The first-order valence-electron chi connectivity index (χ1n) is 8.65. The molecule has 3 aromatic rings. The fraction of sp³-hybridized carbons (Fsp3) is 0.167. The molecule has 1 amide bonds. The lowest BCUT2D eigenvalue weighted by Crippen LogP contribution is -2.14. The predicted molar refractivity (Wildman–Crippen MR) is 118 cm³/mol. The largest absolute Gasteiger partial charge is 0.492 e. The van der Waals surface area contributed by atoms with E-state index in [2.05, 4.69) is 20.8 Å². The standard InChI is InChI=1S/C18H16ClN5O4S2/c1-2-28-15-6-4-3-5-13(15)21-17-22-23-18(30-17)29-10-16(25)20-14-9-11(24(26)27)7-8-12(14)19/h3-9H,2,10H2,1H3,(H,20,25)(H,21,22). The van der Waals surface area contributed by atoms with E-state index in [0.717, 1.165) is 5.69 Å². The number of ether oxygens (including phenoxy) is 1. The van der Waals surface area contributed by atoms with E-state index in [0.29, 0.717) is 21.8 Å². The van der Waals surface area contributed by atoms with Crippen molar-refractivity contribution in [1.29, 1.82) is 0 Å². The van der Waals surface area contributed by atoms with Crippen LogP contribution in [0.25, 0.3) is 0 Å². The van der Waals surface area contributed by atoms with E-state index in [4.69, 9.17) is 16.3 Å². The molecular weight excluding hydrogens is 450 g/mol. The Hall–Kier alpha value is -2.89. The molecule has 1 heterocycles. The summed E-state index contributed by atoms with van der Waals surface area (Å²) in [5.41, 5.74) is 0.795. The van der Waals surface area contributed by atoms with Crippen molar-refractivity contribution in [3.63, 3.8) is 0 Å². The molecule has 2 N–H and O–H groups in total. The number of anilines is 3. The van der Waals surface area contributed by atoms with Crippen LogP contribution in [0, 0.1) is 10.1 Å². The number of benzene rings is 2. The summed E-state index contributed by atoms with van der Waals surface area (Å²) in [6.45, 7) is 2.45. The monoisotopic (exact) mass is 465 g/mol. The van der Waals surface area contributed by atoms with Crippen LogP contribution in [0.4, 0.5) is 22.2 Å². The summed E-state index contributed by atoms with van der Waals surface area (Å²) in [6.07, 6.45) is 0. The van der Waals surface area contributed by atoms with Crippen LogP contribution < -0.4 is 15.4 Å². The summed E-state index contributed by atoms with van der Waals surface area (Å²) in [7, 11) is 0. The van der Waals surface area contributed by atoms with Crippen molar-refractivity contribution >= 4 is 62.8 Å². The maximum Gasteiger partial charge on any atom is 0.271 e. The number of nitro benzene ring substituents is 1. The van der Waals surface area contributed by atoms with Gasteiger partial charge in [0.1, 0.15) is 5.75 Å². The van der Waals surface area contributed by atoms with Gasteiger partial charge in [0.05, 0.1) is 33.7 Å². The van der Waals surface area contributed by atoms with Gasteiger partial charge < -0.3 is 15.4 Å². The van der Waals surface area contributed by atoms with Crippen molar-refractivity contribution in [2.75, 3.05) is 23.0 Å². The third-order valence-corrected chi connectivity index (χ3v) is 5.90. The summed E-state index contributed by atoms with van der Waals surface area (Å²) in [4.78, 5) is 22.5. The average Bonchev–Trinajstić information content (AvgIpc) is 3.17. The number of para-hydroxylation sites is 2. The van der Waals surface area contributed by atoms with E-state index < -0.39 is 4.92 Å². The van der Waals surface area contributed by atoms with Crippen LogP contribution in [-0.2, 0) is 4.79 Å². The lowest BCUT2D eigenvalue weighted by Gasteiger charge is -2.09. The van der Waals surface area contributed by atoms with Crippen LogP contribution in [0.1, 0.15) is 6.92 Å². The number of thioether (sulfide) groups is 1. The SMILES string of the molecule is CCOc1ccccc1Nc1nnc(SCC(=O)Nc2cc([N+](=O)[O-])ccc2Cl)s1. The van der Waals surface area contributed by atoms with Crippen molar-refractivity contribution in [2.45, 2.75) is 11.3 Å². The summed E-state index contributed by atoms with van der Waals surface area (Å²) in [5.74, 6) is 0.384. The van der Waals surface area contributed by atoms with Crippen LogP contribution >= 0.6 is 34.7 Å². The number of nitro groups is 1. The molecule has 12 heteroatoms. The lowest BCUT2D eigenvalue weighted by molar-refractivity contribution is -0.384. The van der Waals surface area contributed by atoms with Gasteiger partial charge in [-0.25, -0.2) is 0 Å². The maximum absolute atomic E-state index is 12.2. The van der Waals surface area contributed by atoms with Crippen LogP contribution in [0.2, 0.25) is 5.02 Å². The highest BCUT2D eigenvalue weighted by molar-refractivity contribution is 8.01. The highest BCUT2D eigenvalue weighted by Crippen LogP contribution is 2.32. The normalized spacial score (nSPS) is 10.5. The summed E-state index contributed by atoms with van der Waals surface area (Å²) in [6, 6.07) is 11.3. The molecule has 0 aliphatic heterocycles. The van der Waals surface area contributed by atoms with Gasteiger partial charge in [0.2, 0.25) is 11.0 Å². The van der Waals surface area contributed by atoms with Gasteiger partial charge in [-0.2, -0.15) is 0 Å². The minimum atomic E-state index is -0.555. The molecule has 2 aromatic carbocycles. The average molecular weight is 466 g/mol. The van der Waals surface area contributed by atoms with Crippen LogP contribution in [-0.4, -0.2) is 33.4 Å². The molecule has 0 atom stereocenters. The number of nitrogens with zero attached hydrogens (tertiary/aromatic N) is 3. The third-order valence-electron chi connectivity index (χ3n) is 3.60.